The Bertz CT molecular complexity index is 635. The molecule has 0 N–H and O–H groups in total. The van der Waals surface area contributed by atoms with Gasteiger partial charge in [0.05, 0.1) is 6.26 Å². The highest BCUT2D eigenvalue weighted by atomic mass is 32.2. The van der Waals surface area contributed by atoms with Gasteiger partial charge < -0.3 is 9.32 Å². The van der Waals surface area contributed by atoms with Gasteiger partial charge >= 0.3 is 0 Å². The molecule has 2 aliphatic heterocycles. The van der Waals surface area contributed by atoms with E-state index in [-0.39, 0.29) is 11.2 Å². The molecule has 1 amide bonds. The molecule has 0 radical (unpaired) electrons. The third kappa shape index (κ3) is 2.42. The zero-order valence-electron chi connectivity index (χ0n) is 11.7. The number of carbonyl (C=O) groups is 1. The zero-order valence-corrected chi connectivity index (χ0v) is 13.3. The summed E-state index contributed by atoms with van der Waals surface area (Å²) in [7, 11) is 0. The Morgan fingerprint density at radius 3 is 3.19 bits per heavy atom. The Labute approximate surface area is 132 Å². The van der Waals surface area contributed by atoms with Crippen LogP contribution in [0, 0.1) is 0 Å². The first-order valence-electron chi connectivity index (χ1n) is 7.33. The molecule has 2 aromatic heterocycles. The molecule has 21 heavy (non-hydrogen) atoms. The van der Waals surface area contributed by atoms with Gasteiger partial charge in [-0.25, -0.2) is 0 Å². The third-order valence-electron chi connectivity index (χ3n) is 4.35. The van der Waals surface area contributed by atoms with E-state index in [1.807, 2.05) is 17.0 Å². The van der Waals surface area contributed by atoms with Crippen LogP contribution in [0.15, 0.2) is 34.3 Å². The molecule has 5 heteroatoms. The molecule has 110 valence electrons. The number of carbonyl (C=O) groups excluding carboxylic acids is 1. The fourth-order valence-electron chi connectivity index (χ4n) is 3.23. The fourth-order valence-corrected chi connectivity index (χ4v) is 5.61. The van der Waals surface area contributed by atoms with Gasteiger partial charge in [0.2, 0.25) is 5.91 Å². The summed E-state index contributed by atoms with van der Waals surface area (Å²) in [5.74, 6) is 2.71. The molecule has 0 saturated carbocycles. The maximum atomic E-state index is 12.9. The smallest absolute Gasteiger partial charge is 0.240 e. The number of fused-ring (bicyclic) bond motifs is 1. The number of aryl methyl sites for hydroxylation is 1. The minimum absolute atomic E-state index is 0.00958. The Balaban J connectivity index is 1.50. The predicted molar refractivity (Wildman–Crippen MR) is 85.9 cm³/mol. The highest BCUT2D eigenvalue weighted by molar-refractivity contribution is 8.00. The molecule has 1 fully saturated rings. The number of hydrogen-bond donors (Lipinski definition) is 0. The topological polar surface area (TPSA) is 33.5 Å². The van der Waals surface area contributed by atoms with Crippen LogP contribution >= 0.6 is 23.1 Å². The maximum absolute atomic E-state index is 12.9. The standard InChI is InChI=1S/C16H17NO2S2/c18-16(15-12-4-8-20-14(12)5-9-21-15)17-6-3-11(10-17)13-2-1-7-19-13/h1-2,4,7-8,11,15H,3,5-6,9-10H2/t11-,15+/m0/s1. The van der Waals surface area contributed by atoms with Gasteiger partial charge in [0.15, 0.2) is 0 Å². The number of rotatable bonds is 2. The minimum atomic E-state index is 0.00958. The number of thioether (sulfide) groups is 1. The van der Waals surface area contributed by atoms with E-state index in [9.17, 15) is 4.79 Å². The van der Waals surface area contributed by atoms with Gasteiger partial charge in [-0.15, -0.1) is 23.1 Å². The summed E-state index contributed by atoms with van der Waals surface area (Å²) in [5, 5.41) is 2.13. The average molecular weight is 319 g/mol. The number of hydrogen-bond acceptors (Lipinski definition) is 4. The lowest BCUT2D eigenvalue weighted by molar-refractivity contribution is -0.129. The molecule has 0 unspecified atom stereocenters. The summed E-state index contributed by atoms with van der Waals surface area (Å²) < 4.78 is 5.49. The largest absolute Gasteiger partial charge is 0.469 e. The van der Waals surface area contributed by atoms with Crippen LogP contribution in [-0.4, -0.2) is 29.6 Å². The van der Waals surface area contributed by atoms with Gasteiger partial charge in [-0.05, 0) is 47.7 Å². The normalized spacial score (nSPS) is 25.0. The van der Waals surface area contributed by atoms with Crippen LogP contribution in [0.2, 0.25) is 0 Å². The summed E-state index contributed by atoms with van der Waals surface area (Å²) in [5.41, 5.74) is 1.25. The molecule has 1 saturated heterocycles. The highest BCUT2D eigenvalue weighted by Gasteiger charge is 2.35. The van der Waals surface area contributed by atoms with Crippen molar-refractivity contribution < 1.29 is 9.21 Å². The Hall–Kier alpha value is -1.20. The number of amides is 1. The van der Waals surface area contributed by atoms with Crippen molar-refractivity contribution in [2.75, 3.05) is 18.8 Å². The van der Waals surface area contributed by atoms with Crippen molar-refractivity contribution in [2.24, 2.45) is 0 Å². The van der Waals surface area contributed by atoms with Crippen molar-refractivity contribution in [1.29, 1.82) is 0 Å². The van der Waals surface area contributed by atoms with Crippen molar-refractivity contribution in [3.05, 3.63) is 46.0 Å². The molecule has 2 aliphatic rings. The second kappa shape index (κ2) is 5.54. The summed E-state index contributed by atoms with van der Waals surface area (Å²) in [4.78, 5) is 16.3. The lowest BCUT2D eigenvalue weighted by atomic mass is 10.1. The van der Waals surface area contributed by atoms with E-state index in [1.165, 1.54) is 10.4 Å². The number of furan rings is 1. The van der Waals surface area contributed by atoms with E-state index >= 15 is 0 Å². The van der Waals surface area contributed by atoms with Gasteiger partial charge in [-0.2, -0.15) is 0 Å². The van der Waals surface area contributed by atoms with Gasteiger partial charge in [0, 0.05) is 23.9 Å². The molecule has 2 aromatic rings. The summed E-state index contributed by atoms with van der Waals surface area (Å²) in [6.07, 6.45) is 3.83. The third-order valence-corrected chi connectivity index (χ3v) is 6.57. The molecule has 0 aliphatic carbocycles. The van der Waals surface area contributed by atoms with Crippen LogP contribution in [0.3, 0.4) is 0 Å². The molecule has 0 spiro atoms. The SMILES string of the molecule is O=C([C@@H]1SCCc2sccc21)N1CC[C@H](c2ccco2)C1. The Morgan fingerprint density at radius 1 is 1.38 bits per heavy atom. The van der Waals surface area contributed by atoms with E-state index in [4.69, 9.17) is 4.42 Å². The van der Waals surface area contributed by atoms with Gasteiger partial charge in [0.25, 0.3) is 0 Å². The summed E-state index contributed by atoms with van der Waals surface area (Å²) in [6.45, 7) is 1.64. The summed E-state index contributed by atoms with van der Waals surface area (Å²) >= 11 is 3.58. The molecule has 4 rings (SSSR count). The van der Waals surface area contributed by atoms with Crippen LogP contribution in [0.5, 0.6) is 0 Å². The number of nitrogens with zero attached hydrogens (tertiary/aromatic N) is 1. The van der Waals surface area contributed by atoms with E-state index < -0.39 is 0 Å². The van der Waals surface area contributed by atoms with Crippen LogP contribution in [0.4, 0.5) is 0 Å². The lowest BCUT2D eigenvalue weighted by Gasteiger charge is -2.26. The zero-order chi connectivity index (χ0) is 14.2. The first kappa shape index (κ1) is 13.5. The molecule has 4 heterocycles. The van der Waals surface area contributed by atoms with E-state index in [0.29, 0.717) is 5.92 Å². The Kier molecular flexibility index (Phi) is 3.55. The quantitative estimate of drug-likeness (QED) is 0.846. The van der Waals surface area contributed by atoms with Crippen molar-refractivity contribution >= 4 is 29.0 Å². The van der Waals surface area contributed by atoms with Crippen molar-refractivity contribution in [3.8, 4) is 0 Å². The fraction of sp³-hybridized carbons (Fsp3) is 0.438. The van der Waals surface area contributed by atoms with Gasteiger partial charge in [0.1, 0.15) is 11.0 Å². The van der Waals surface area contributed by atoms with Crippen molar-refractivity contribution in [1.82, 2.24) is 4.90 Å². The monoisotopic (exact) mass is 319 g/mol. The molecular formula is C16H17NO2S2. The molecular weight excluding hydrogens is 302 g/mol. The van der Waals surface area contributed by atoms with Crippen LogP contribution in [0.25, 0.3) is 0 Å². The van der Waals surface area contributed by atoms with Crippen LogP contribution in [-0.2, 0) is 11.2 Å². The second-order valence-electron chi connectivity index (χ2n) is 5.59. The predicted octanol–water partition coefficient (Wildman–Crippen LogP) is 3.69. The van der Waals surface area contributed by atoms with E-state index in [2.05, 4.69) is 11.4 Å². The van der Waals surface area contributed by atoms with Crippen LogP contribution < -0.4 is 0 Å². The summed E-state index contributed by atoms with van der Waals surface area (Å²) in [6, 6.07) is 6.08. The minimum Gasteiger partial charge on any atom is -0.469 e. The highest BCUT2D eigenvalue weighted by Crippen LogP contribution is 2.41. The van der Waals surface area contributed by atoms with Crippen LogP contribution in [0.1, 0.15) is 33.8 Å². The molecule has 2 atom stereocenters. The van der Waals surface area contributed by atoms with Crippen molar-refractivity contribution in [2.45, 2.75) is 24.0 Å². The molecule has 0 bridgehead atoms. The van der Waals surface area contributed by atoms with E-state index in [1.54, 1.807) is 29.4 Å². The molecule has 3 nitrogen and oxygen atoms in total. The lowest BCUT2D eigenvalue weighted by Crippen LogP contribution is -2.33. The van der Waals surface area contributed by atoms with E-state index in [0.717, 1.165) is 37.4 Å². The first-order valence-corrected chi connectivity index (χ1v) is 9.26. The second-order valence-corrected chi connectivity index (χ2v) is 7.80. The average Bonchev–Trinajstić information content (AvgIpc) is 3.23. The Morgan fingerprint density at radius 2 is 2.33 bits per heavy atom. The van der Waals surface area contributed by atoms with Crippen molar-refractivity contribution in [3.63, 3.8) is 0 Å². The first-order chi connectivity index (χ1) is 10.3. The van der Waals surface area contributed by atoms with Gasteiger partial charge in [-0.3, -0.25) is 4.79 Å². The number of likely N-dealkylation sites (tertiary alicyclic amines) is 1. The number of thiophene rings is 1. The van der Waals surface area contributed by atoms with Gasteiger partial charge in [-0.1, -0.05) is 0 Å². The maximum Gasteiger partial charge on any atom is 0.240 e. The molecule has 0 aromatic carbocycles.